The summed E-state index contributed by atoms with van der Waals surface area (Å²) in [5, 5.41) is 0. The van der Waals surface area contributed by atoms with Crippen molar-refractivity contribution in [3.63, 3.8) is 0 Å². The fourth-order valence-electron chi connectivity index (χ4n) is 2.11. The van der Waals surface area contributed by atoms with Crippen LogP contribution < -0.4 is 14.2 Å². The number of hydrogen-bond donors (Lipinski definition) is 1. The molecule has 2 aromatic rings. The Balaban J connectivity index is 2.05. The van der Waals surface area contributed by atoms with Crippen LogP contribution in [0.25, 0.3) is 0 Å². The lowest BCUT2D eigenvalue weighted by Gasteiger charge is -2.11. The molecule has 0 atom stereocenters. The van der Waals surface area contributed by atoms with Crippen molar-refractivity contribution in [2.75, 3.05) is 13.4 Å². The molecule has 2 rings (SSSR count). The molecule has 2 aromatic carbocycles. The van der Waals surface area contributed by atoms with Crippen molar-refractivity contribution < 1.29 is 22.7 Å². The maximum absolute atomic E-state index is 11.7. The third-order valence-electron chi connectivity index (χ3n) is 3.22. The molecule has 128 valence electrons. The van der Waals surface area contributed by atoms with Gasteiger partial charge in [0.15, 0.2) is 0 Å². The molecular weight excluding hydrogens is 330 g/mol. The number of hydrogen-bond acceptors (Lipinski definition) is 5. The number of carbonyl (C=O) groups excluding carboxylic acids is 1. The molecule has 0 aliphatic heterocycles. The Hall–Kier alpha value is -2.54. The highest BCUT2D eigenvalue weighted by Gasteiger charge is 2.11. The van der Waals surface area contributed by atoms with Crippen LogP contribution in [0.3, 0.4) is 0 Å². The number of benzene rings is 2. The lowest BCUT2D eigenvalue weighted by atomic mass is 10.1. The van der Waals surface area contributed by atoms with E-state index in [0.29, 0.717) is 12.4 Å². The first-order valence-corrected chi connectivity index (χ1v) is 9.06. The lowest BCUT2D eigenvalue weighted by molar-refractivity contribution is 0.0981. The van der Waals surface area contributed by atoms with Crippen LogP contribution >= 0.6 is 0 Å². The van der Waals surface area contributed by atoms with E-state index in [2.05, 4.69) is 0 Å². The second-order valence-electron chi connectivity index (χ2n) is 5.33. The number of amides is 1. The fourth-order valence-corrected chi connectivity index (χ4v) is 2.57. The van der Waals surface area contributed by atoms with E-state index in [4.69, 9.17) is 9.47 Å². The molecule has 0 aromatic heterocycles. The molecule has 7 heteroatoms. The zero-order chi connectivity index (χ0) is 17.7. The Bertz CT molecular complexity index is 829. The van der Waals surface area contributed by atoms with Crippen molar-refractivity contribution >= 4 is 15.9 Å². The molecule has 0 radical (unpaired) electrons. The van der Waals surface area contributed by atoms with Gasteiger partial charge in [0.2, 0.25) is 10.0 Å². The van der Waals surface area contributed by atoms with Crippen LogP contribution in [0, 0.1) is 6.92 Å². The number of ether oxygens (including phenoxy) is 2. The fraction of sp³-hybridized carbons (Fsp3) is 0.235. The summed E-state index contributed by atoms with van der Waals surface area (Å²) in [5.41, 5.74) is 2.25. The third-order valence-corrected chi connectivity index (χ3v) is 3.78. The summed E-state index contributed by atoms with van der Waals surface area (Å²) in [6.45, 7) is 2.30. The predicted octanol–water partition coefficient (Wildman–Crippen LogP) is 2.27. The molecular formula is C17H19NO5S. The highest BCUT2D eigenvalue weighted by atomic mass is 32.2. The molecule has 6 nitrogen and oxygen atoms in total. The summed E-state index contributed by atoms with van der Waals surface area (Å²) < 4.78 is 35.0. The van der Waals surface area contributed by atoms with E-state index < -0.39 is 15.9 Å². The van der Waals surface area contributed by atoms with Gasteiger partial charge in [0, 0.05) is 11.1 Å². The summed E-state index contributed by atoms with van der Waals surface area (Å²) >= 11 is 0. The van der Waals surface area contributed by atoms with Crippen molar-refractivity contribution in [3.8, 4) is 11.5 Å². The van der Waals surface area contributed by atoms with Crippen LogP contribution in [-0.4, -0.2) is 27.7 Å². The van der Waals surface area contributed by atoms with Crippen LogP contribution in [-0.2, 0) is 16.6 Å². The van der Waals surface area contributed by atoms with Gasteiger partial charge in [-0.15, -0.1) is 0 Å². The number of rotatable bonds is 6. The standard InChI is InChI=1S/C17H19NO5S/c1-12-4-9-16(22-2)14(10-12)11-23-15-7-5-13(6-8-15)17(19)18-24(3,20)21/h4-10H,11H2,1-3H3,(H,18,19). The summed E-state index contributed by atoms with van der Waals surface area (Å²) in [6, 6.07) is 12.0. The topological polar surface area (TPSA) is 81.7 Å². The van der Waals surface area contributed by atoms with Crippen molar-refractivity contribution in [1.29, 1.82) is 0 Å². The van der Waals surface area contributed by atoms with Gasteiger partial charge in [-0.25, -0.2) is 13.1 Å². The van der Waals surface area contributed by atoms with Gasteiger partial charge in [0.1, 0.15) is 18.1 Å². The van der Waals surface area contributed by atoms with Crippen molar-refractivity contribution in [1.82, 2.24) is 4.72 Å². The van der Waals surface area contributed by atoms with Gasteiger partial charge in [-0.05, 0) is 43.3 Å². The van der Waals surface area contributed by atoms with Gasteiger partial charge in [0.25, 0.3) is 5.91 Å². The SMILES string of the molecule is COc1ccc(C)cc1COc1ccc(C(=O)NS(C)(=O)=O)cc1. The van der Waals surface area contributed by atoms with E-state index in [1.54, 1.807) is 19.2 Å². The van der Waals surface area contributed by atoms with E-state index in [-0.39, 0.29) is 5.56 Å². The maximum Gasteiger partial charge on any atom is 0.264 e. The molecule has 1 N–H and O–H groups in total. The molecule has 0 fully saturated rings. The normalized spacial score (nSPS) is 11.0. The number of carbonyl (C=O) groups is 1. The molecule has 0 saturated heterocycles. The Kier molecular flexibility index (Phi) is 5.46. The number of aryl methyl sites for hydroxylation is 1. The van der Waals surface area contributed by atoms with Gasteiger partial charge < -0.3 is 9.47 Å². The minimum atomic E-state index is -3.58. The van der Waals surface area contributed by atoms with Crippen LogP contribution in [0.2, 0.25) is 0 Å². The molecule has 0 unspecified atom stereocenters. The first-order valence-electron chi connectivity index (χ1n) is 7.17. The summed E-state index contributed by atoms with van der Waals surface area (Å²) in [6.07, 6.45) is 0.928. The van der Waals surface area contributed by atoms with Crippen molar-refractivity contribution in [3.05, 3.63) is 59.2 Å². The van der Waals surface area contributed by atoms with Crippen molar-refractivity contribution in [2.45, 2.75) is 13.5 Å². The van der Waals surface area contributed by atoms with E-state index in [1.165, 1.54) is 12.1 Å². The zero-order valence-corrected chi connectivity index (χ0v) is 14.5. The van der Waals surface area contributed by atoms with Crippen LogP contribution in [0.1, 0.15) is 21.5 Å². The highest BCUT2D eigenvalue weighted by molar-refractivity contribution is 7.89. The largest absolute Gasteiger partial charge is 0.496 e. The van der Waals surface area contributed by atoms with E-state index >= 15 is 0 Å². The van der Waals surface area contributed by atoms with E-state index in [1.807, 2.05) is 29.8 Å². The molecule has 24 heavy (non-hydrogen) atoms. The minimum Gasteiger partial charge on any atom is -0.496 e. The van der Waals surface area contributed by atoms with E-state index in [0.717, 1.165) is 23.1 Å². The monoisotopic (exact) mass is 349 g/mol. The second kappa shape index (κ2) is 7.35. The molecule has 0 aliphatic rings. The third kappa shape index (κ3) is 4.99. The van der Waals surface area contributed by atoms with Gasteiger partial charge in [-0.3, -0.25) is 4.79 Å². The second-order valence-corrected chi connectivity index (χ2v) is 7.08. The van der Waals surface area contributed by atoms with E-state index in [9.17, 15) is 13.2 Å². The number of nitrogens with one attached hydrogen (secondary N) is 1. The van der Waals surface area contributed by atoms with Crippen molar-refractivity contribution in [2.24, 2.45) is 0 Å². The van der Waals surface area contributed by atoms with Crippen LogP contribution in [0.4, 0.5) is 0 Å². The molecule has 0 heterocycles. The highest BCUT2D eigenvalue weighted by Crippen LogP contribution is 2.22. The maximum atomic E-state index is 11.7. The Morgan fingerprint density at radius 1 is 1.12 bits per heavy atom. The molecule has 0 saturated carbocycles. The number of sulfonamides is 1. The average Bonchev–Trinajstić information content (AvgIpc) is 2.52. The summed E-state index contributed by atoms with van der Waals surface area (Å²) in [4.78, 5) is 11.7. The smallest absolute Gasteiger partial charge is 0.264 e. The molecule has 0 bridgehead atoms. The van der Waals surface area contributed by atoms with Crippen LogP contribution in [0.5, 0.6) is 11.5 Å². The van der Waals surface area contributed by atoms with Crippen LogP contribution in [0.15, 0.2) is 42.5 Å². The van der Waals surface area contributed by atoms with Gasteiger partial charge in [-0.2, -0.15) is 0 Å². The molecule has 0 aliphatic carbocycles. The van der Waals surface area contributed by atoms with Gasteiger partial charge in [0.05, 0.1) is 13.4 Å². The predicted molar refractivity (Wildman–Crippen MR) is 90.8 cm³/mol. The first kappa shape index (κ1) is 17.8. The lowest BCUT2D eigenvalue weighted by Crippen LogP contribution is -2.29. The molecule has 1 amide bonds. The zero-order valence-electron chi connectivity index (χ0n) is 13.7. The van der Waals surface area contributed by atoms with Gasteiger partial charge >= 0.3 is 0 Å². The first-order chi connectivity index (χ1) is 11.3. The Morgan fingerprint density at radius 3 is 2.38 bits per heavy atom. The molecule has 0 spiro atoms. The average molecular weight is 349 g/mol. The summed E-state index contributed by atoms with van der Waals surface area (Å²) in [5.74, 6) is 0.628. The Morgan fingerprint density at radius 2 is 1.79 bits per heavy atom. The quantitative estimate of drug-likeness (QED) is 0.865. The number of methoxy groups -OCH3 is 1. The Labute approximate surface area is 141 Å². The van der Waals surface area contributed by atoms with Gasteiger partial charge in [-0.1, -0.05) is 11.6 Å². The summed E-state index contributed by atoms with van der Waals surface area (Å²) in [7, 11) is -1.98. The minimum absolute atomic E-state index is 0.237.